The lowest BCUT2D eigenvalue weighted by atomic mass is 9.81. The van der Waals surface area contributed by atoms with Crippen LogP contribution < -0.4 is 10.6 Å². The Balaban J connectivity index is 1.50. The van der Waals surface area contributed by atoms with Crippen LogP contribution in [0.1, 0.15) is 40.0 Å². The quantitative estimate of drug-likeness (QED) is 0.642. The van der Waals surface area contributed by atoms with Gasteiger partial charge in [0.15, 0.2) is 0 Å². The largest absolute Gasteiger partial charge is 0.356 e. The van der Waals surface area contributed by atoms with Crippen LogP contribution in [0.5, 0.6) is 0 Å². The van der Waals surface area contributed by atoms with E-state index in [-0.39, 0.29) is 46.3 Å². The van der Waals surface area contributed by atoms with E-state index in [0.29, 0.717) is 6.54 Å². The normalized spacial score (nSPS) is 29.1. The maximum Gasteiger partial charge on any atom is 0.228 e. The number of nitrogens with one attached hydrogen (secondary N) is 2. The summed E-state index contributed by atoms with van der Waals surface area (Å²) < 4.78 is 0.974. The van der Waals surface area contributed by atoms with Crippen LogP contribution >= 0.6 is 15.9 Å². The lowest BCUT2D eigenvalue weighted by molar-refractivity contribution is -0.132. The van der Waals surface area contributed by atoms with Crippen molar-refractivity contribution < 1.29 is 9.59 Å². The number of amides is 2. The van der Waals surface area contributed by atoms with Crippen molar-refractivity contribution >= 4 is 33.4 Å². The predicted octanol–water partition coefficient (Wildman–Crippen LogP) is 4.77. The Morgan fingerprint density at radius 3 is 2.14 bits per heavy atom. The van der Waals surface area contributed by atoms with Gasteiger partial charge in [-0.2, -0.15) is 0 Å². The van der Waals surface area contributed by atoms with Gasteiger partial charge in [-0.05, 0) is 66.2 Å². The predicted molar refractivity (Wildman–Crippen MR) is 115 cm³/mol. The van der Waals surface area contributed by atoms with E-state index in [1.54, 1.807) is 0 Å². The SMILES string of the molecule is CC(C)(C)CCNC(=O)[C@H]1[C@H](C(=O)Nc2ccc(Br)cc2)[C@@H]2C=C[C@H]1C21CC1. The maximum absolute atomic E-state index is 13.2. The molecule has 0 radical (unpaired) electrons. The molecule has 4 nitrogen and oxygen atoms in total. The number of anilines is 1. The molecule has 5 heteroatoms. The molecule has 0 heterocycles. The fraction of sp³-hybridized carbons (Fsp3) is 0.565. The van der Waals surface area contributed by atoms with E-state index in [0.717, 1.165) is 29.4 Å². The van der Waals surface area contributed by atoms with E-state index in [1.807, 2.05) is 24.3 Å². The van der Waals surface area contributed by atoms with Gasteiger partial charge in [-0.3, -0.25) is 9.59 Å². The van der Waals surface area contributed by atoms with E-state index in [9.17, 15) is 9.59 Å². The van der Waals surface area contributed by atoms with E-state index >= 15 is 0 Å². The molecule has 28 heavy (non-hydrogen) atoms. The summed E-state index contributed by atoms with van der Waals surface area (Å²) in [5.41, 5.74) is 1.11. The van der Waals surface area contributed by atoms with Gasteiger partial charge in [0.2, 0.25) is 11.8 Å². The molecule has 1 spiro atoms. The van der Waals surface area contributed by atoms with Crippen molar-refractivity contribution in [2.45, 2.75) is 40.0 Å². The molecule has 0 saturated heterocycles. The highest BCUT2D eigenvalue weighted by Gasteiger charge is 2.69. The highest BCUT2D eigenvalue weighted by atomic mass is 79.9. The smallest absolute Gasteiger partial charge is 0.228 e. The van der Waals surface area contributed by atoms with Crippen molar-refractivity contribution in [1.29, 1.82) is 0 Å². The van der Waals surface area contributed by atoms with Gasteiger partial charge in [-0.25, -0.2) is 0 Å². The Morgan fingerprint density at radius 1 is 1.04 bits per heavy atom. The minimum atomic E-state index is -0.282. The first kappa shape index (κ1) is 19.7. The third-order valence-corrected chi connectivity index (χ3v) is 7.26. The van der Waals surface area contributed by atoms with Crippen molar-refractivity contribution in [1.82, 2.24) is 5.32 Å². The Kier molecular flexibility index (Phi) is 4.93. The number of benzene rings is 1. The van der Waals surface area contributed by atoms with Crippen LogP contribution in [0.15, 0.2) is 40.9 Å². The Bertz CT molecular complexity index is 805. The van der Waals surface area contributed by atoms with Gasteiger partial charge in [-0.1, -0.05) is 48.9 Å². The first-order valence-electron chi connectivity index (χ1n) is 10.2. The fourth-order valence-electron chi connectivity index (χ4n) is 5.15. The molecule has 2 bridgehead atoms. The molecule has 2 saturated carbocycles. The van der Waals surface area contributed by atoms with E-state index in [2.05, 4.69) is 59.5 Å². The summed E-state index contributed by atoms with van der Waals surface area (Å²) in [5.74, 6) is -0.132. The maximum atomic E-state index is 13.2. The second kappa shape index (κ2) is 7.01. The second-order valence-electron chi connectivity index (χ2n) is 9.82. The molecule has 0 unspecified atom stereocenters. The topological polar surface area (TPSA) is 58.2 Å². The molecule has 150 valence electrons. The van der Waals surface area contributed by atoms with Gasteiger partial charge < -0.3 is 10.6 Å². The van der Waals surface area contributed by atoms with Crippen LogP contribution in [0.3, 0.4) is 0 Å². The molecule has 0 aromatic heterocycles. The molecule has 1 aromatic rings. The fourth-order valence-corrected chi connectivity index (χ4v) is 5.41. The van der Waals surface area contributed by atoms with E-state index in [1.165, 1.54) is 0 Å². The third-order valence-electron chi connectivity index (χ3n) is 6.73. The van der Waals surface area contributed by atoms with Crippen molar-refractivity contribution in [2.24, 2.45) is 34.5 Å². The van der Waals surface area contributed by atoms with Gasteiger partial charge in [0, 0.05) is 16.7 Å². The van der Waals surface area contributed by atoms with E-state index in [4.69, 9.17) is 0 Å². The summed E-state index contributed by atoms with van der Waals surface area (Å²) in [6.07, 6.45) is 7.58. The zero-order valence-electron chi connectivity index (χ0n) is 16.8. The Labute approximate surface area is 175 Å². The van der Waals surface area contributed by atoms with E-state index < -0.39 is 0 Å². The lowest BCUT2D eigenvalue weighted by Crippen LogP contribution is -2.42. The van der Waals surface area contributed by atoms with Crippen LogP contribution in [-0.4, -0.2) is 18.4 Å². The molecule has 3 aliphatic rings. The average molecular weight is 445 g/mol. The third kappa shape index (κ3) is 3.54. The number of allylic oxidation sites excluding steroid dienone is 2. The first-order chi connectivity index (χ1) is 13.2. The molecule has 2 N–H and O–H groups in total. The first-order valence-corrected chi connectivity index (χ1v) is 11.0. The highest BCUT2D eigenvalue weighted by Crippen LogP contribution is 2.72. The van der Waals surface area contributed by atoms with Crippen LogP contribution in [-0.2, 0) is 9.59 Å². The molecule has 4 rings (SSSR count). The van der Waals surface area contributed by atoms with Gasteiger partial charge in [0.1, 0.15) is 0 Å². The Morgan fingerprint density at radius 2 is 1.61 bits per heavy atom. The minimum absolute atomic E-state index is 0.0265. The summed E-state index contributed by atoms with van der Waals surface area (Å²) in [6, 6.07) is 7.59. The molecular formula is C23H29BrN2O2. The zero-order valence-corrected chi connectivity index (χ0v) is 18.4. The standard InChI is InChI=1S/C23H29BrN2O2/c1-22(2,3)12-13-25-20(27)18-16-8-9-17(23(16)10-11-23)19(18)21(28)26-15-6-4-14(24)5-7-15/h4-9,16-19H,10-13H2,1-3H3,(H,25,27)(H,26,28)/t16-,17+,18-,19-/m1/s1. The van der Waals surface area contributed by atoms with Crippen molar-refractivity contribution in [3.8, 4) is 0 Å². The highest BCUT2D eigenvalue weighted by molar-refractivity contribution is 9.10. The molecular weight excluding hydrogens is 416 g/mol. The lowest BCUT2D eigenvalue weighted by Gasteiger charge is -2.27. The molecule has 3 aliphatic carbocycles. The average Bonchev–Trinajstić information content (AvgIpc) is 3.28. The monoisotopic (exact) mass is 444 g/mol. The molecule has 4 atom stereocenters. The minimum Gasteiger partial charge on any atom is -0.356 e. The van der Waals surface area contributed by atoms with Gasteiger partial charge in [0.25, 0.3) is 0 Å². The van der Waals surface area contributed by atoms with Crippen LogP contribution in [0.2, 0.25) is 0 Å². The molecule has 0 aliphatic heterocycles. The summed E-state index contributed by atoms with van der Waals surface area (Å²) in [5, 5.41) is 6.18. The van der Waals surface area contributed by atoms with Crippen molar-refractivity contribution in [2.75, 3.05) is 11.9 Å². The summed E-state index contributed by atoms with van der Waals surface area (Å²) in [6.45, 7) is 7.18. The zero-order chi connectivity index (χ0) is 20.1. The summed E-state index contributed by atoms with van der Waals surface area (Å²) in [4.78, 5) is 26.3. The van der Waals surface area contributed by atoms with Gasteiger partial charge >= 0.3 is 0 Å². The number of carbonyl (C=O) groups is 2. The van der Waals surface area contributed by atoms with Crippen molar-refractivity contribution in [3.63, 3.8) is 0 Å². The molecule has 2 fully saturated rings. The number of hydrogen-bond donors (Lipinski definition) is 2. The second-order valence-corrected chi connectivity index (χ2v) is 10.7. The van der Waals surface area contributed by atoms with Crippen LogP contribution in [0.25, 0.3) is 0 Å². The number of carbonyl (C=O) groups excluding carboxylic acids is 2. The molecule has 1 aromatic carbocycles. The summed E-state index contributed by atoms with van der Waals surface area (Å²) >= 11 is 3.42. The van der Waals surface area contributed by atoms with Gasteiger partial charge in [-0.15, -0.1) is 0 Å². The van der Waals surface area contributed by atoms with Crippen LogP contribution in [0.4, 0.5) is 5.69 Å². The van der Waals surface area contributed by atoms with Gasteiger partial charge in [0.05, 0.1) is 11.8 Å². The van der Waals surface area contributed by atoms with Crippen molar-refractivity contribution in [3.05, 3.63) is 40.9 Å². The summed E-state index contributed by atoms with van der Waals surface area (Å²) in [7, 11) is 0. The number of rotatable bonds is 5. The van der Waals surface area contributed by atoms with Crippen LogP contribution in [0, 0.1) is 34.5 Å². The number of halogens is 1. The number of hydrogen-bond acceptors (Lipinski definition) is 2. The molecule has 2 amide bonds. The Hall–Kier alpha value is -1.62.